The van der Waals surface area contributed by atoms with Crippen molar-refractivity contribution in [3.8, 4) is 0 Å². The molecular weight excluding hydrogens is 309 g/mol. The van der Waals surface area contributed by atoms with Gasteiger partial charge in [-0.2, -0.15) is 0 Å². The number of anilines is 2. The number of hydrogen-bond acceptors (Lipinski definition) is 3. The van der Waals surface area contributed by atoms with Crippen molar-refractivity contribution in [2.75, 3.05) is 29.9 Å². The monoisotopic (exact) mass is 321 g/mol. The van der Waals surface area contributed by atoms with Crippen molar-refractivity contribution in [1.29, 1.82) is 0 Å². The molecule has 1 amide bonds. The quantitative estimate of drug-likeness (QED) is 0.754. The summed E-state index contributed by atoms with van der Waals surface area (Å²) in [6, 6.07) is 9.38. The van der Waals surface area contributed by atoms with Crippen molar-refractivity contribution < 1.29 is 4.79 Å². The number of benzene rings is 1. The van der Waals surface area contributed by atoms with Gasteiger partial charge in [-0.3, -0.25) is 4.79 Å². The second-order valence-corrected chi connectivity index (χ2v) is 5.63. The van der Waals surface area contributed by atoms with Crippen LogP contribution in [0.15, 0.2) is 36.5 Å². The molecule has 0 radical (unpaired) electrons. The molecule has 1 aromatic heterocycles. The first-order chi connectivity index (χ1) is 10.1. The Morgan fingerprint density at radius 3 is 2.62 bits per heavy atom. The zero-order valence-corrected chi connectivity index (χ0v) is 12.9. The average molecular weight is 322 g/mol. The van der Waals surface area contributed by atoms with E-state index in [0.717, 1.165) is 17.9 Å². The van der Waals surface area contributed by atoms with Crippen molar-refractivity contribution in [3.63, 3.8) is 0 Å². The third-order valence-corrected chi connectivity index (χ3v) is 4.22. The molecule has 1 aliphatic heterocycles. The molecular formula is C15H13Cl2N3O. The molecule has 2 aromatic rings. The summed E-state index contributed by atoms with van der Waals surface area (Å²) in [6.07, 6.45) is 1.46. The van der Waals surface area contributed by atoms with Crippen molar-refractivity contribution >= 4 is 40.5 Å². The lowest BCUT2D eigenvalue weighted by Crippen LogP contribution is -2.42. The molecule has 0 bridgehead atoms. The van der Waals surface area contributed by atoms with E-state index in [1.54, 1.807) is 11.0 Å². The van der Waals surface area contributed by atoms with Gasteiger partial charge in [-0.15, -0.1) is 0 Å². The second kappa shape index (κ2) is 5.54. The summed E-state index contributed by atoms with van der Waals surface area (Å²) >= 11 is 11.7. The molecule has 21 heavy (non-hydrogen) atoms. The predicted molar refractivity (Wildman–Crippen MR) is 85.6 cm³/mol. The normalized spacial score (nSPS) is 14.0. The van der Waals surface area contributed by atoms with E-state index in [-0.39, 0.29) is 16.1 Å². The van der Waals surface area contributed by atoms with E-state index in [0.29, 0.717) is 12.1 Å². The van der Waals surface area contributed by atoms with Crippen LogP contribution in [0.25, 0.3) is 0 Å². The molecule has 1 aliphatic rings. The molecule has 3 rings (SSSR count). The maximum Gasteiger partial charge on any atom is 0.260 e. The largest absolute Gasteiger partial charge is 0.371 e. The summed E-state index contributed by atoms with van der Waals surface area (Å²) in [5, 5.41) is 0.483. The van der Waals surface area contributed by atoms with E-state index in [2.05, 4.69) is 9.88 Å². The molecule has 4 nitrogen and oxygen atoms in total. The highest BCUT2D eigenvalue weighted by molar-refractivity contribution is 6.41. The molecule has 6 heteroatoms. The SMILES string of the molecule is CN1CCN(C(=O)c2cnc(Cl)c(Cl)c2)c2ccccc21. The van der Waals surface area contributed by atoms with Crippen LogP contribution in [0.3, 0.4) is 0 Å². The third kappa shape index (κ3) is 2.57. The van der Waals surface area contributed by atoms with Crippen molar-refractivity contribution in [2.45, 2.75) is 0 Å². The number of rotatable bonds is 1. The van der Waals surface area contributed by atoms with Crippen LogP contribution in [0.2, 0.25) is 10.2 Å². The number of para-hydroxylation sites is 2. The average Bonchev–Trinajstić information content (AvgIpc) is 2.50. The number of nitrogens with zero attached hydrogens (tertiary/aromatic N) is 3. The van der Waals surface area contributed by atoms with E-state index in [1.165, 1.54) is 6.20 Å². The molecule has 0 saturated heterocycles. The summed E-state index contributed by atoms with van der Waals surface area (Å²) in [4.78, 5) is 20.5. The second-order valence-electron chi connectivity index (χ2n) is 4.86. The number of likely N-dealkylation sites (N-methyl/N-ethyl adjacent to an activating group) is 1. The molecule has 0 aliphatic carbocycles. The van der Waals surface area contributed by atoms with Gasteiger partial charge in [0.25, 0.3) is 5.91 Å². The van der Waals surface area contributed by atoms with Gasteiger partial charge in [-0.1, -0.05) is 35.3 Å². The lowest BCUT2D eigenvalue weighted by Gasteiger charge is -2.35. The third-order valence-electron chi connectivity index (χ3n) is 3.53. The molecule has 0 atom stereocenters. The molecule has 0 unspecified atom stereocenters. The number of carbonyl (C=O) groups is 1. The smallest absolute Gasteiger partial charge is 0.260 e. The maximum absolute atomic E-state index is 12.7. The Morgan fingerprint density at radius 1 is 1.19 bits per heavy atom. The molecule has 0 fully saturated rings. The molecule has 0 N–H and O–H groups in total. The first-order valence-corrected chi connectivity index (χ1v) is 7.26. The Labute approximate surface area is 132 Å². The summed E-state index contributed by atoms with van der Waals surface area (Å²) in [6.45, 7) is 1.39. The van der Waals surface area contributed by atoms with Gasteiger partial charge < -0.3 is 9.80 Å². The molecule has 1 aromatic carbocycles. The van der Waals surface area contributed by atoms with Gasteiger partial charge in [0.2, 0.25) is 0 Å². The van der Waals surface area contributed by atoms with Crippen molar-refractivity contribution in [1.82, 2.24) is 4.98 Å². The highest BCUT2D eigenvalue weighted by Gasteiger charge is 2.26. The number of hydrogen-bond donors (Lipinski definition) is 0. The Balaban J connectivity index is 1.99. The standard InChI is InChI=1S/C15H13Cl2N3O/c1-19-6-7-20(13-5-3-2-4-12(13)19)15(21)10-8-11(16)14(17)18-9-10/h2-5,8-9H,6-7H2,1H3. The Bertz CT molecular complexity index is 705. The van der Waals surface area contributed by atoms with Crippen LogP contribution in [-0.2, 0) is 0 Å². The fraction of sp³-hybridized carbons (Fsp3) is 0.200. The van der Waals surface area contributed by atoms with E-state index in [1.807, 2.05) is 31.3 Å². The first kappa shape index (κ1) is 14.2. The van der Waals surface area contributed by atoms with Gasteiger partial charge in [0.05, 0.1) is 22.0 Å². The van der Waals surface area contributed by atoms with Crippen LogP contribution in [0.5, 0.6) is 0 Å². The van der Waals surface area contributed by atoms with Crippen molar-refractivity contribution in [3.05, 3.63) is 52.3 Å². The fourth-order valence-corrected chi connectivity index (χ4v) is 2.68. The minimum Gasteiger partial charge on any atom is -0.371 e. The lowest BCUT2D eigenvalue weighted by molar-refractivity contribution is 0.0986. The van der Waals surface area contributed by atoms with Crippen molar-refractivity contribution in [2.24, 2.45) is 0 Å². The number of pyridine rings is 1. The zero-order valence-electron chi connectivity index (χ0n) is 11.4. The molecule has 2 heterocycles. The highest BCUT2D eigenvalue weighted by Crippen LogP contribution is 2.33. The summed E-state index contributed by atoms with van der Waals surface area (Å²) in [7, 11) is 2.02. The van der Waals surface area contributed by atoms with E-state index in [9.17, 15) is 4.79 Å². The van der Waals surface area contributed by atoms with Gasteiger partial charge in [0, 0.05) is 26.3 Å². The maximum atomic E-state index is 12.7. The van der Waals surface area contributed by atoms with Gasteiger partial charge in [-0.25, -0.2) is 4.98 Å². The van der Waals surface area contributed by atoms with E-state index in [4.69, 9.17) is 23.2 Å². The summed E-state index contributed by atoms with van der Waals surface area (Å²) < 4.78 is 0. The van der Waals surface area contributed by atoms with E-state index >= 15 is 0 Å². The van der Waals surface area contributed by atoms with Crippen LogP contribution < -0.4 is 9.80 Å². The lowest BCUT2D eigenvalue weighted by atomic mass is 10.1. The zero-order chi connectivity index (χ0) is 15.0. The first-order valence-electron chi connectivity index (χ1n) is 6.51. The Kier molecular flexibility index (Phi) is 3.74. The highest BCUT2D eigenvalue weighted by atomic mass is 35.5. The van der Waals surface area contributed by atoms with Gasteiger partial charge in [-0.05, 0) is 18.2 Å². The number of carbonyl (C=O) groups excluding carboxylic acids is 1. The molecule has 0 saturated carbocycles. The van der Waals surface area contributed by atoms with Crippen LogP contribution in [-0.4, -0.2) is 31.0 Å². The number of amides is 1. The fourth-order valence-electron chi connectivity index (χ4n) is 2.41. The van der Waals surface area contributed by atoms with Gasteiger partial charge >= 0.3 is 0 Å². The van der Waals surface area contributed by atoms with Gasteiger partial charge in [0.1, 0.15) is 5.15 Å². The summed E-state index contributed by atoms with van der Waals surface area (Å²) in [5.74, 6) is -0.124. The van der Waals surface area contributed by atoms with E-state index < -0.39 is 0 Å². The van der Waals surface area contributed by atoms with Crippen LogP contribution in [0.1, 0.15) is 10.4 Å². The van der Waals surface area contributed by atoms with Crippen LogP contribution in [0, 0.1) is 0 Å². The van der Waals surface area contributed by atoms with Crippen LogP contribution in [0.4, 0.5) is 11.4 Å². The minimum atomic E-state index is -0.124. The number of aromatic nitrogens is 1. The number of halogens is 2. The Hall–Kier alpha value is -1.78. The predicted octanol–water partition coefficient (Wildman–Crippen LogP) is 3.49. The Morgan fingerprint density at radius 2 is 1.90 bits per heavy atom. The topological polar surface area (TPSA) is 36.4 Å². The minimum absolute atomic E-state index is 0.124. The summed E-state index contributed by atoms with van der Waals surface area (Å²) in [5.41, 5.74) is 2.36. The number of fused-ring (bicyclic) bond motifs is 1. The molecule has 108 valence electrons. The van der Waals surface area contributed by atoms with Gasteiger partial charge in [0.15, 0.2) is 0 Å². The molecule has 0 spiro atoms. The van der Waals surface area contributed by atoms with Crippen LogP contribution >= 0.6 is 23.2 Å².